The van der Waals surface area contributed by atoms with Crippen LogP contribution in [-0.4, -0.2) is 6.54 Å². The summed E-state index contributed by atoms with van der Waals surface area (Å²) in [5.74, 6) is 0. The third-order valence-corrected chi connectivity index (χ3v) is 3.21. The highest BCUT2D eigenvalue weighted by Crippen LogP contribution is 2.11. The summed E-state index contributed by atoms with van der Waals surface area (Å²) in [6, 6.07) is 15.9. The van der Waals surface area contributed by atoms with Crippen LogP contribution in [-0.2, 0) is 13.0 Å². The normalized spacial score (nSPS) is 10.0. The largest absolute Gasteiger partial charge is 0.312 e. The molecule has 0 aliphatic rings. The van der Waals surface area contributed by atoms with Gasteiger partial charge in [-0.15, -0.1) is 12.4 Å². The van der Waals surface area contributed by atoms with E-state index in [1.54, 1.807) is 0 Å². The van der Waals surface area contributed by atoms with Crippen molar-refractivity contribution in [2.75, 3.05) is 6.54 Å². The molecule has 2 rings (SSSR count). The molecule has 1 nitrogen and oxygen atoms in total. The van der Waals surface area contributed by atoms with Gasteiger partial charge in [0.15, 0.2) is 0 Å². The lowest BCUT2D eigenvalue weighted by molar-refractivity contribution is 0.687. The number of rotatable bonds is 5. The Morgan fingerprint density at radius 3 is 2.26 bits per heavy atom. The summed E-state index contributed by atoms with van der Waals surface area (Å²) < 4.78 is 0. The van der Waals surface area contributed by atoms with Crippen LogP contribution in [0.15, 0.2) is 48.5 Å². The lowest BCUT2D eigenvalue weighted by atomic mass is 10.1. The molecule has 0 atom stereocenters. The number of hydrogen-bond acceptors (Lipinski definition) is 1. The van der Waals surface area contributed by atoms with E-state index < -0.39 is 0 Å². The average Bonchev–Trinajstić information content (AvgIpc) is 2.37. The Balaban J connectivity index is 0.00000180. The van der Waals surface area contributed by atoms with Crippen LogP contribution in [0.1, 0.15) is 11.1 Å². The second-order valence-electron chi connectivity index (χ2n) is 4.18. The van der Waals surface area contributed by atoms with Crippen LogP contribution in [0.5, 0.6) is 0 Å². The van der Waals surface area contributed by atoms with Crippen molar-refractivity contribution in [3.8, 4) is 0 Å². The Labute approximate surface area is 130 Å². The lowest BCUT2D eigenvalue weighted by Crippen LogP contribution is -2.16. The zero-order valence-corrected chi connectivity index (χ0v) is 12.7. The Morgan fingerprint density at radius 2 is 1.58 bits per heavy atom. The van der Waals surface area contributed by atoms with Gasteiger partial charge in [0, 0.05) is 16.6 Å². The minimum Gasteiger partial charge on any atom is -0.312 e. The molecule has 0 radical (unpaired) electrons. The molecule has 19 heavy (non-hydrogen) atoms. The van der Waals surface area contributed by atoms with E-state index in [9.17, 15) is 0 Å². The average molecular weight is 317 g/mol. The van der Waals surface area contributed by atoms with Gasteiger partial charge in [0.1, 0.15) is 0 Å². The third kappa shape index (κ3) is 5.84. The third-order valence-electron chi connectivity index (χ3n) is 2.72. The maximum atomic E-state index is 5.93. The highest BCUT2D eigenvalue weighted by molar-refractivity contribution is 6.30. The van der Waals surface area contributed by atoms with E-state index in [1.165, 1.54) is 11.1 Å². The van der Waals surface area contributed by atoms with Gasteiger partial charge in [0.2, 0.25) is 0 Å². The van der Waals surface area contributed by atoms with E-state index in [-0.39, 0.29) is 12.4 Å². The number of benzene rings is 2. The van der Waals surface area contributed by atoms with Crippen LogP contribution >= 0.6 is 35.6 Å². The number of hydrogen-bond donors (Lipinski definition) is 1. The molecule has 2 aromatic rings. The van der Waals surface area contributed by atoms with Gasteiger partial charge in [-0.2, -0.15) is 0 Å². The quantitative estimate of drug-likeness (QED) is 0.785. The fourth-order valence-electron chi connectivity index (χ4n) is 1.76. The van der Waals surface area contributed by atoms with Gasteiger partial charge < -0.3 is 5.32 Å². The Kier molecular flexibility index (Phi) is 7.25. The van der Waals surface area contributed by atoms with Gasteiger partial charge in [-0.1, -0.05) is 47.5 Å². The highest BCUT2D eigenvalue weighted by Gasteiger charge is 1.95. The molecule has 0 fully saturated rings. The predicted molar refractivity (Wildman–Crippen MR) is 85.6 cm³/mol. The van der Waals surface area contributed by atoms with E-state index >= 15 is 0 Å². The zero-order chi connectivity index (χ0) is 12.8. The smallest absolute Gasteiger partial charge is 0.0409 e. The van der Waals surface area contributed by atoms with E-state index in [1.807, 2.05) is 30.3 Å². The summed E-state index contributed by atoms with van der Waals surface area (Å²) in [6.45, 7) is 1.78. The van der Waals surface area contributed by atoms with Crippen LogP contribution in [0.4, 0.5) is 0 Å². The first-order chi connectivity index (χ1) is 8.74. The van der Waals surface area contributed by atoms with Crippen molar-refractivity contribution in [1.82, 2.24) is 5.32 Å². The summed E-state index contributed by atoms with van der Waals surface area (Å²) >= 11 is 11.8. The van der Waals surface area contributed by atoms with Gasteiger partial charge >= 0.3 is 0 Å². The number of nitrogens with one attached hydrogen (secondary N) is 1. The van der Waals surface area contributed by atoms with Gasteiger partial charge in [-0.05, 0) is 48.4 Å². The maximum Gasteiger partial charge on any atom is 0.0409 e. The van der Waals surface area contributed by atoms with Crippen molar-refractivity contribution in [3.63, 3.8) is 0 Å². The maximum absolute atomic E-state index is 5.93. The molecule has 0 saturated carbocycles. The summed E-state index contributed by atoms with van der Waals surface area (Å²) in [6.07, 6.45) is 0.998. The zero-order valence-electron chi connectivity index (χ0n) is 10.4. The Hall–Kier alpha value is -0.730. The van der Waals surface area contributed by atoms with Gasteiger partial charge in [-0.3, -0.25) is 0 Å². The molecule has 2 aromatic carbocycles. The molecule has 0 spiro atoms. The highest BCUT2D eigenvalue weighted by atomic mass is 35.5. The van der Waals surface area contributed by atoms with Crippen LogP contribution in [0.3, 0.4) is 0 Å². The standard InChI is InChI=1S/C15H15Cl2N.ClH/c16-14-6-4-12(5-7-14)8-9-18-11-13-2-1-3-15(17)10-13;/h1-7,10,18H,8-9,11H2;1H. The van der Waals surface area contributed by atoms with Crippen LogP contribution in [0.25, 0.3) is 0 Å². The van der Waals surface area contributed by atoms with E-state index in [2.05, 4.69) is 23.5 Å². The summed E-state index contributed by atoms with van der Waals surface area (Å²) in [4.78, 5) is 0. The van der Waals surface area contributed by atoms with Crippen molar-refractivity contribution >= 4 is 35.6 Å². The fourth-order valence-corrected chi connectivity index (χ4v) is 2.10. The summed E-state index contributed by atoms with van der Waals surface area (Å²) in [5, 5.41) is 4.97. The monoisotopic (exact) mass is 315 g/mol. The molecular formula is C15H16Cl3N. The summed E-state index contributed by atoms with van der Waals surface area (Å²) in [7, 11) is 0. The minimum absolute atomic E-state index is 0. The van der Waals surface area contributed by atoms with Crippen LogP contribution < -0.4 is 5.32 Å². The van der Waals surface area contributed by atoms with Crippen molar-refractivity contribution < 1.29 is 0 Å². The van der Waals surface area contributed by atoms with Gasteiger partial charge in [0.05, 0.1) is 0 Å². The van der Waals surface area contributed by atoms with Gasteiger partial charge in [0.25, 0.3) is 0 Å². The first-order valence-electron chi connectivity index (χ1n) is 5.93. The SMILES string of the molecule is Cl.Clc1ccc(CCNCc2cccc(Cl)c2)cc1. The first-order valence-corrected chi connectivity index (χ1v) is 6.69. The van der Waals surface area contributed by atoms with E-state index in [4.69, 9.17) is 23.2 Å². The predicted octanol–water partition coefficient (Wildman–Crippen LogP) is 4.75. The van der Waals surface area contributed by atoms with Crippen molar-refractivity contribution in [1.29, 1.82) is 0 Å². The van der Waals surface area contributed by atoms with Gasteiger partial charge in [-0.25, -0.2) is 0 Å². The molecule has 0 amide bonds. The van der Waals surface area contributed by atoms with E-state index in [0.29, 0.717) is 0 Å². The molecule has 4 heteroatoms. The first kappa shape index (κ1) is 16.3. The second kappa shape index (κ2) is 8.44. The second-order valence-corrected chi connectivity index (χ2v) is 5.06. The molecule has 0 aliphatic heterocycles. The van der Waals surface area contributed by atoms with Crippen LogP contribution in [0.2, 0.25) is 10.0 Å². The van der Waals surface area contributed by atoms with Crippen molar-refractivity contribution in [2.24, 2.45) is 0 Å². The molecule has 0 unspecified atom stereocenters. The van der Waals surface area contributed by atoms with Crippen molar-refractivity contribution in [3.05, 3.63) is 69.7 Å². The van der Waals surface area contributed by atoms with E-state index in [0.717, 1.165) is 29.6 Å². The fraction of sp³-hybridized carbons (Fsp3) is 0.200. The molecule has 0 aliphatic carbocycles. The molecule has 0 heterocycles. The van der Waals surface area contributed by atoms with Crippen molar-refractivity contribution in [2.45, 2.75) is 13.0 Å². The molecule has 0 saturated heterocycles. The molecular weight excluding hydrogens is 301 g/mol. The molecule has 0 bridgehead atoms. The lowest BCUT2D eigenvalue weighted by Gasteiger charge is -2.05. The minimum atomic E-state index is 0. The Morgan fingerprint density at radius 1 is 0.842 bits per heavy atom. The van der Waals surface area contributed by atoms with Crippen LogP contribution in [0, 0.1) is 0 Å². The molecule has 102 valence electrons. The summed E-state index contributed by atoms with van der Waals surface area (Å²) in [5.41, 5.74) is 2.50. The molecule has 1 N–H and O–H groups in total. The number of halogens is 3. The topological polar surface area (TPSA) is 12.0 Å². The molecule has 0 aromatic heterocycles. The Bertz CT molecular complexity index is 497.